The average Bonchev–Trinajstić information content (AvgIpc) is 2.48. The number of hydrogen-bond acceptors (Lipinski definition) is 5. The second-order valence-electron chi connectivity index (χ2n) is 4.21. The lowest BCUT2D eigenvalue weighted by atomic mass is 10.4. The van der Waals surface area contributed by atoms with E-state index in [2.05, 4.69) is 37.3 Å². The van der Waals surface area contributed by atoms with Crippen LogP contribution in [0.1, 0.15) is 19.7 Å². The monoisotopic (exact) mass is 367 g/mol. The Morgan fingerprint density at radius 3 is 2.76 bits per heavy atom. The lowest BCUT2D eigenvalue weighted by molar-refractivity contribution is 0.128. The van der Waals surface area contributed by atoms with Crippen LogP contribution in [-0.4, -0.2) is 23.1 Å². The van der Waals surface area contributed by atoms with Crippen molar-refractivity contribution in [3.8, 4) is 0 Å². The minimum atomic E-state index is 0.430. The Balaban J connectivity index is 2.24. The minimum absolute atomic E-state index is 0.430. The molecule has 0 unspecified atom stereocenters. The van der Waals surface area contributed by atoms with E-state index in [1.54, 1.807) is 11.8 Å². The summed E-state index contributed by atoms with van der Waals surface area (Å²) in [6.07, 6.45) is 0. The molecule has 1 N–H and O–H groups in total. The zero-order valence-corrected chi connectivity index (χ0v) is 14.5. The van der Waals surface area contributed by atoms with Crippen molar-refractivity contribution in [2.45, 2.75) is 30.4 Å². The van der Waals surface area contributed by atoms with Crippen molar-refractivity contribution in [2.24, 2.45) is 0 Å². The highest BCUT2D eigenvalue weighted by Crippen LogP contribution is 2.33. The fourth-order valence-electron chi connectivity index (χ4n) is 1.69. The highest BCUT2D eigenvalue weighted by molar-refractivity contribution is 9.10. The predicted octanol–water partition coefficient (Wildman–Crippen LogP) is 4.36. The lowest BCUT2D eigenvalue weighted by Crippen LogP contribution is -2.05. The van der Waals surface area contributed by atoms with Crippen LogP contribution in [0.25, 0.3) is 0 Å². The molecule has 0 aliphatic heterocycles. The first-order chi connectivity index (χ1) is 10.2. The topological polar surface area (TPSA) is 47.0 Å². The molecule has 1 aromatic heterocycles. The molecule has 2 rings (SSSR count). The van der Waals surface area contributed by atoms with Gasteiger partial charge in [-0.3, -0.25) is 0 Å². The van der Waals surface area contributed by atoms with Crippen LogP contribution in [-0.2, 0) is 11.3 Å². The maximum Gasteiger partial charge on any atom is 0.157 e. The maximum absolute atomic E-state index is 5.41. The Morgan fingerprint density at radius 2 is 2.05 bits per heavy atom. The first kappa shape index (κ1) is 16.3. The van der Waals surface area contributed by atoms with Crippen LogP contribution in [0.2, 0.25) is 0 Å². The highest BCUT2D eigenvalue weighted by Gasteiger charge is 2.08. The predicted molar refractivity (Wildman–Crippen MR) is 89.8 cm³/mol. The fourth-order valence-corrected chi connectivity index (χ4v) is 3.08. The van der Waals surface area contributed by atoms with Crippen molar-refractivity contribution in [1.29, 1.82) is 0 Å². The normalized spacial score (nSPS) is 10.6. The second kappa shape index (κ2) is 8.36. The SMILES string of the molecule is CCNc1cc(Sc2ccccc2Br)nc(COCC)n1. The molecule has 0 saturated heterocycles. The minimum Gasteiger partial charge on any atom is -0.374 e. The second-order valence-corrected chi connectivity index (χ2v) is 6.12. The first-order valence-corrected chi connectivity index (χ1v) is 8.45. The van der Waals surface area contributed by atoms with Gasteiger partial charge in [0.25, 0.3) is 0 Å². The number of hydrogen-bond donors (Lipinski definition) is 1. The third-order valence-electron chi connectivity index (χ3n) is 2.59. The van der Waals surface area contributed by atoms with Crippen LogP contribution in [0.4, 0.5) is 5.82 Å². The Hall–Kier alpha value is -1.11. The molecule has 0 fully saturated rings. The van der Waals surface area contributed by atoms with Gasteiger partial charge in [0.05, 0.1) is 0 Å². The summed E-state index contributed by atoms with van der Waals surface area (Å²) in [6.45, 7) is 5.92. The standard InChI is InChI=1S/C15H18BrN3OS/c1-3-17-13-9-15(19-14(18-13)10-20-4-2)21-12-8-6-5-7-11(12)16/h5-9H,3-4,10H2,1-2H3,(H,17,18,19). The molecule has 0 aliphatic rings. The van der Waals surface area contributed by atoms with E-state index < -0.39 is 0 Å². The molecule has 6 heteroatoms. The van der Waals surface area contributed by atoms with Gasteiger partial charge in [0, 0.05) is 28.6 Å². The van der Waals surface area contributed by atoms with Crippen LogP contribution >= 0.6 is 27.7 Å². The smallest absolute Gasteiger partial charge is 0.157 e. The average molecular weight is 368 g/mol. The van der Waals surface area contributed by atoms with E-state index in [4.69, 9.17) is 4.74 Å². The highest BCUT2D eigenvalue weighted by atomic mass is 79.9. The first-order valence-electron chi connectivity index (χ1n) is 6.85. The van der Waals surface area contributed by atoms with Crippen molar-refractivity contribution >= 4 is 33.5 Å². The van der Waals surface area contributed by atoms with Crippen LogP contribution in [0.5, 0.6) is 0 Å². The molecular formula is C15H18BrN3OS. The summed E-state index contributed by atoms with van der Waals surface area (Å²) in [4.78, 5) is 10.1. The Bertz CT molecular complexity index is 595. The number of rotatable bonds is 7. The molecule has 112 valence electrons. The van der Waals surface area contributed by atoms with Crippen LogP contribution in [0, 0.1) is 0 Å². The Labute approximate surface area is 137 Å². The summed E-state index contributed by atoms with van der Waals surface area (Å²) in [5, 5.41) is 4.14. The Kier molecular flexibility index (Phi) is 6.48. The van der Waals surface area contributed by atoms with Crippen molar-refractivity contribution in [3.05, 3.63) is 40.6 Å². The summed E-state index contributed by atoms with van der Waals surface area (Å²) in [6, 6.07) is 10.1. The van der Waals surface area contributed by atoms with Crippen LogP contribution in [0.15, 0.2) is 44.7 Å². The summed E-state index contributed by atoms with van der Waals surface area (Å²) in [7, 11) is 0. The van der Waals surface area contributed by atoms with Gasteiger partial charge in [-0.2, -0.15) is 0 Å². The largest absolute Gasteiger partial charge is 0.374 e. The number of benzene rings is 1. The number of ether oxygens (including phenoxy) is 1. The quantitative estimate of drug-likeness (QED) is 0.736. The number of anilines is 1. The third-order valence-corrected chi connectivity index (χ3v) is 4.54. The lowest BCUT2D eigenvalue weighted by Gasteiger charge is -2.09. The van der Waals surface area contributed by atoms with E-state index in [1.165, 1.54) is 0 Å². The third kappa shape index (κ3) is 4.98. The number of halogens is 1. The molecule has 4 nitrogen and oxygen atoms in total. The number of nitrogens with zero attached hydrogens (tertiary/aromatic N) is 2. The number of aromatic nitrogens is 2. The van der Waals surface area contributed by atoms with Gasteiger partial charge in [-0.1, -0.05) is 23.9 Å². The van der Waals surface area contributed by atoms with Gasteiger partial charge in [0.2, 0.25) is 0 Å². The van der Waals surface area contributed by atoms with Gasteiger partial charge in [-0.05, 0) is 41.9 Å². The molecule has 0 bridgehead atoms. The molecule has 21 heavy (non-hydrogen) atoms. The van der Waals surface area contributed by atoms with Gasteiger partial charge < -0.3 is 10.1 Å². The van der Waals surface area contributed by atoms with E-state index in [9.17, 15) is 0 Å². The van der Waals surface area contributed by atoms with E-state index in [-0.39, 0.29) is 0 Å². The van der Waals surface area contributed by atoms with Gasteiger partial charge in [-0.25, -0.2) is 9.97 Å². The molecule has 1 heterocycles. The molecule has 0 spiro atoms. The van der Waals surface area contributed by atoms with E-state index >= 15 is 0 Å². The molecule has 0 radical (unpaired) electrons. The zero-order chi connectivity index (χ0) is 15.1. The fraction of sp³-hybridized carbons (Fsp3) is 0.333. The maximum atomic E-state index is 5.41. The molecule has 2 aromatic rings. The number of nitrogens with one attached hydrogen (secondary N) is 1. The molecular weight excluding hydrogens is 350 g/mol. The molecule has 1 aromatic carbocycles. The van der Waals surface area contributed by atoms with E-state index in [0.29, 0.717) is 19.0 Å². The Morgan fingerprint density at radius 1 is 1.24 bits per heavy atom. The van der Waals surface area contributed by atoms with Gasteiger partial charge in [-0.15, -0.1) is 0 Å². The van der Waals surface area contributed by atoms with Crippen molar-refractivity contribution in [3.63, 3.8) is 0 Å². The van der Waals surface area contributed by atoms with E-state index in [1.807, 2.05) is 38.1 Å². The van der Waals surface area contributed by atoms with Gasteiger partial charge >= 0.3 is 0 Å². The summed E-state index contributed by atoms with van der Waals surface area (Å²) < 4.78 is 6.47. The molecule has 0 aliphatic carbocycles. The van der Waals surface area contributed by atoms with Crippen LogP contribution < -0.4 is 5.32 Å². The zero-order valence-electron chi connectivity index (χ0n) is 12.1. The summed E-state index contributed by atoms with van der Waals surface area (Å²) in [5.74, 6) is 1.53. The summed E-state index contributed by atoms with van der Waals surface area (Å²) >= 11 is 5.17. The van der Waals surface area contributed by atoms with Crippen LogP contribution in [0.3, 0.4) is 0 Å². The van der Waals surface area contributed by atoms with Gasteiger partial charge in [0.15, 0.2) is 5.82 Å². The summed E-state index contributed by atoms with van der Waals surface area (Å²) in [5.41, 5.74) is 0. The molecule has 0 amide bonds. The molecule has 0 atom stereocenters. The molecule has 0 saturated carbocycles. The van der Waals surface area contributed by atoms with Gasteiger partial charge in [0.1, 0.15) is 17.5 Å². The van der Waals surface area contributed by atoms with E-state index in [0.717, 1.165) is 26.8 Å². The van der Waals surface area contributed by atoms with Crippen molar-refractivity contribution < 1.29 is 4.74 Å². The van der Waals surface area contributed by atoms with Crippen molar-refractivity contribution in [2.75, 3.05) is 18.5 Å². The van der Waals surface area contributed by atoms with Crippen molar-refractivity contribution in [1.82, 2.24) is 9.97 Å².